The number of rotatable bonds is 3. The topological polar surface area (TPSA) is 53.9 Å². The molecule has 1 aliphatic carbocycles. The molecule has 19 heavy (non-hydrogen) atoms. The van der Waals surface area contributed by atoms with Gasteiger partial charge in [0.15, 0.2) is 0 Å². The molecule has 2 heterocycles. The number of benzene rings is 1. The Morgan fingerprint density at radius 1 is 1.05 bits per heavy atom. The van der Waals surface area contributed by atoms with Crippen LogP contribution in [0.4, 0.5) is 5.95 Å². The van der Waals surface area contributed by atoms with E-state index in [1.807, 2.05) is 24.3 Å². The van der Waals surface area contributed by atoms with Crippen molar-refractivity contribution in [2.24, 2.45) is 0 Å². The van der Waals surface area contributed by atoms with Gasteiger partial charge in [0.25, 0.3) is 0 Å². The molecule has 5 nitrogen and oxygen atoms in total. The Bertz CT molecular complexity index is 595. The van der Waals surface area contributed by atoms with Crippen molar-refractivity contribution in [3.05, 3.63) is 24.3 Å². The molecule has 1 aliphatic heterocycles. The molecule has 1 aromatic heterocycles. The molecule has 0 spiro atoms. The lowest BCUT2D eigenvalue weighted by Gasteiger charge is -2.15. The maximum absolute atomic E-state index is 4.52. The molecule has 1 N–H and O–H groups in total. The van der Waals surface area contributed by atoms with Crippen molar-refractivity contribution in [1.29, 1.82) is 0 Å². The third-order valence-corrected chi connectivity index (χ3v) is 3.98. The highest BCUT2D eigenvalue weighted by Gasteiger charge is 2.34. The third-order valence-electron chi connectivity index (χ3n) is 3.98. The van der Waals surface area contributed by atoms with Crippen molar-refractivity contribution >= 4 is 17.0 Å². The molecule has 0 amide bonds. The normalized spacial score (nSPS) is 23.9. The second kappa shape index (κ2) is 4.42. The van der Waals surface area contributed by atoms with Crippen molar-refractivity contribution in [2.45, 2.75) is 31.3 Å². The van der Waals surface area contributed by atoms with Gasteiger partial charge in [-0.3, -0.25) is 4.90 Å². The number of anilines is 1. The fraction of sp³-hybridized carbons (Fsp3) is 0.500. The fourth-order valence-electron chi connectivity index (χ4n) is 2.80. The summed E-state index contributed by atoms with van der Waals surface area (Å²) in [6.45, 7) is 2.31. The summed E-state index contributed by atoms with van der Waals surface area (Å²) in [5, 5.41) is 11.8. The summed E-state index contributed by atoms with van der Waals surface area (Å²) in [5.74, 6) is 0.654. The Kier molecular flexibility index (Phi) is 2.58. The van der Waals surface area contributed by atoms with Crippen LogP contribution in [0, 0.1) is 0 Å². The minimum Gasteiger partial charge on any atom is -0.349 e. The second-order valence-electron chi connectivity index (χ2n) is 5.48. The van der Waals surface area contributed by atoms with Crippen molar-refractivity contribution in [1.82, 2.24) is 20.1 Å². The lowest BCUT2D eigenvalue weighted by Crippen LogP contribution is -2.28. The first-order chi connectivity index (χ1) is 9.38. The predicted molar refractivity (Wildman–Crippen MR) is 74.0 cm³/mol. The van der Waals surface area contributed by atoms with Crippen LogP contribution in [0.1, 0.15) is 19.3 Å². The van der Waals surface area contributed by atoms with Crippen LogP contribution < -0.4 is 5.32 Å². The largest absolute Gasteiger partial charge is 0.349 e. The highest BCUT2D eigenvalue weighted by Crippen LogP contribution is 2.30. The molecule has 98 valence electrons. The van der Waals surface area contributed by atoms with Crippen LogP contribution in [0.2, 0.25) is 0 Å². The van der Waals surface area contributed by atoms with Gasteiger partial charge in [-0.25, -0.2) is 4.98 Å². The van der Waals surface area contributed by atoms with Crippen LogP contribution in [0.15, 0.2) is 24.3 Å². The zero-order chi connectivity index (χ0) is 12.7. The average Bonchev–Trinajstić information content (AvgIpc) is 3.20. The lowest BCUT2D eigenvalue weighted by molar-refractivity contribution is 0.326. The van der Waals surface area contributed by atoms with Crippen molar-refractivity contribution in [2.75, 3.05) is 18.4 Å². The number of nitrogens with zero attached hydrogens (tertiary/aromatic N) is 4. The van der Waals surface area contributed by atoms with E-state index in [-0.39, 0.29) is 0 Å². The van der Waals surface area contributed by atoms with Crippen LogP contribution in [-0.4, -0.2) is 45.3 Å². The average molecular weight is 255 g/mol. The van der Waals surface area contributed by atoms with Gasteiger partial charge >= 0.3 is 0 Å². The molecule has 2 aromatic rings. The van der Waals surface area contributed by atoms with Gasteiger partial charge in [-0.2, -0.15) is 0 Å². The fourth-order valence-corrected chi connectivity index (χ4v) is 2.80. The van der Waals surface area contributed by atoms with Gasteiger partial charge in [0.2, 0.25) is 5.95 Å². The third kappa shape index (κ3) is 2.26. The molecule has 0 bridgehead atoms. The van der Waals surface area contributed by atoms with Gasteiger partial charge in [-0.1, -0.05) is 12.1 Å². The molecule has 1 unspecified atom stereocenters. The molecular formula is C14H17N5. The van der Waals surface area contributed by atoms with Gasteiger partial charge in [-0.15, -0.1) is 10.2 Å². The Labute approximate surface area is 112 Å². The summed E-state index contributed by atoms with van der Waals surface area (Å²) in [5.41, 5.74) is 1.75. The molecule has 1 saturated carbocycles. The second-order valence-corrected chi connectivity index (χ2v) is 5.48. The highest BCUT2D eigenvalue weighted by molar-refractivity contribution is 5.74. The molecular weight excluding hydrogens is 238 g/mol. The highest BCUT2D eigenvalue weighted by atomic mass is 15.3. The van der Waals surface area contributed by atoms with E-state index in [0.29, 0.717) is 12.0 Å². The van der Waals surface area contributed by atoms with Crippen LogP contribution in [0.25, 0.3) is 11.0 Å². The van der Waals surface area contributed by atoms with Gasteiger partial charge in [0.1, 0.15) is 5.52 Å². The molecule has 2 fully saturated rings. The smallest absolute Gasteiger partial charge is 0.243 e. The molecule has 4 rings (SSSR count). The first kappa shape index (κ1) is 11.1. The SMILES string of the molecule is c1ccc2nc(NC3CCN(C4CC4)C3)nnc2c1. The van der Waals surface area contributed by atoms with Crippen LogP contribution in [0.5, 0.6) is 0 Å². The monoisotopic (exact) mass is 255 g/mol. The summed E-state index contributed by atoms with van der Waals surface area (Å²) in [7, 11) is 0. The molecule has 5 heteroatoms. The number of aromatic nitrogens is 3. The van der Waals surface area contributed by atoms with Crippen LogP contribution in [-0.2, 0) is 0 Å². The van der Waals surface area contributed by atoms with E-state index in [9.17, 15) is 0 Å². The zero-order valence-corrected chi connectivity index (χ0v) is 10.8. The summed E-state index contributed by atoms with van der Waals surface area (Å²) >= 11 is 0. The number of likely N-dealkylation sites (tertiary alicyclic amines) is 1. The van der Waals surface area contributed by atoms with Crippen molar-refractivity contribution < 1.29 is 0 Å². The predicted octanol–water partition coefficient (Wildman–Crippen LogP) is 1.67. The standard InChI is InChI=1S/C14H17N5/c1-2-4-13-12(3-1)16-14(18-17-13)15-10-7-8-19(9-10)11-5-6-11/h1-4,10-11H,5-9H2,(H,15,16,18). The zero-order valence-electron chi connectivity index (χ0n) is 10.8. The maximum Gasteiger partial charge on any atom is 0.243 e. The van der Waals surface area contributed by atoms with E-state index in [4.69, 9.17) is 0 Å². The van der Waals surface area contributed by atoms with E-state index in [2.05, 4.69) is 25.4 Å². The van der Waals surface area contributed by atoms with E-state index in [0.717, 1.165) is 23.6 Å². The first-order valence-corrected chi connectivity index (χ1v) is 6.98. The number of para-hydroxylation sites is 1. The van der Waals surface area contributed by atoms with Gasteiger partial charge in [0.05, 0.1) is 5.52 Å². The minimum atomic E-state index is 0.462. The number of fused-ring (bicyclic) bond motifs is 1. The molecule has 1 atom stereocenters. The summed E-state index contributed by atoms with van der Waals surface area (Å²) < 4.78 is 0. The Balaban J connectivity index is 1.48. The first-order valence-electron chi connectivity index (χ1n) is 6.98. The Morgan fingerprint density at radius 2 is 1.89 bits per heavy atom. The van der Waals surface area contributed by atoms with Crippen LogP contribution in [0.3, 0.4) is 0 Å². The number of nitrogens with one attached hydrogen (secondary N) is 1. The lowest BCUT2D eigenvalue weighted by atomic mass is 10.3. The Hall–Kier alpha value is -1.75. The summed E-state index contributed by atoms with van der Waals surface area (Å²) in [6, 6.07) is 9.15. The maximum atomic E-state index is 4.52. The quantitative estimate of drug-likeness (QED) is 0.904. The van der Waals surface area contributed by atoms with Gasteiger partial charge in [0, 0.05) is 25.2 Å². The number of hydrogen-bond donors (Lipinski definition) is 1. The Morgan fingerprint density at radius 3 is 2.74 bits per heavy atom. The van der Waals surface area contributed by atoms with E-state index < -0.39 is 0 Å². The van der Waals surface area contributed by atoms with E-state index >= 15 is 0 Å². The number of hydrogen-bond acceptors (Lipinski definition) is 5. The van der Waals surface area contributed by atoms with Gasteiger partial charge < -0.3 is 5.32 Å². The molecule has 0 radical (unpaired) electrons. The van der Waals surface area contributed by atoms with Gasteiger partial charge in [-0.05, 0) is 31.4 Å². The van der Waals surface area contributed by atoms with Crippen molar-refractivity contribution in [3.63, 3.8) is 0 Å². The van der Waals surface area contributed by atoms with Crippen molar-refractivity contribution in [3.8, 4) is 0 Å². The van der Waals surface area contributed by atoms with E-state index in [1.165, 1.54) is 25.8 Å². The molecule has 1 aromatic carbocycles. The van der Waals surface area contributed by atoms with E-state index in [1.54, 1.807) is 0 Å². The minimum absolute atomic E-state index is 0.462. The van der Waals surface area contributed by atoms with Crippen LogP contribution >= 0.6 is 0 Å². The molecule has 2 aliphatic rings. The summed E-state index contributed by atoms with van der Waals surface area (Å²) in [4.78, 5) is 7.10. The molecule has 1 saturated heterocycles. The summed E-state index contributed by atoms with van der Waals surface area (Å²) in [6.07, 6.45) is 3.92.